The van der Waals surface area contributed by atoms with Gasteiger partial charge in [-0.15, -0.1) is 0 Å². The van der Waals surface area contributed by atoms with E-state index in [1.54, 1.807) is 6.92 Å². The highest BCUT2D eigenvalue weighted by molar-refractivity contribution is 7.07. The molecule has 0 N–H and O–H groups in total. The zero-order chi connectivity index (χ0) is 13.6. The lowest BCUT2D eigenvalue weighted by Crippen LogP contribution is -2.29. The van der Waals surface area contributed by atoms with E-state index in [4.69, 9.17) is 0 Å². The first-order valence-electron chi connectivity index (χ1n) is 5.75. The summed E-state index contributed by atoms with van der Waals surface area (Å²) in [6.45, 7) is 2.04. The smallest absolute Gasteiger partial charge is 0.299 e. The molecule has 0 saturated carbocycles. The molecule has 0 unspecified atom stereocenters. The number of hydrogen-bond acceptors (Lipinski definition) is 3. The van der Waals surface area contributed by atoms with Crippen molar-refractivity contribution in [2.24, 2.45) is 0 Å². The molecule has 96 valence electrons. The lowest BCUT2D eigenvalue weighted by atomic mass is 10.1. The van der Waals surface area contributed by atoms with Crippen molar-refractivity contribution in [2.45, 2.75) is 13.5 Å². The normalized spacial score (nSPS) is 14.1. The fourth-order valence-corrected chi connectivity index (χ4v) is 2.98. The van der Waals surface area contributed by atoms with Crippen LogP contribution in [0.1, 0.15) is 21.5 Å². The Morgan fingerprint density at radius 3 is 2.79 bits per heavy atom. The third-order valence-corrected chi connectivity index (χ3v) is 3.87. The Balaban J connectivity index is 2.09. The van der Waals surface area contributed by atoms with Gasteiger partial charge in [0.1, 0.15) is 5.82 Å². The summed E-state index contributed by atoms with van der Waals surface area (Å²) in [6, 6.07) is 4.38. The maximum Gasteiger partial charge on any atom is 0.299 e. The van der Waals surface area contributed by atoms with Crippen LogP contribution >= 0.6 is 11.3 Å². The number of nitrogens with zero attached hydrogens (tertiary/aromatic N) is 1. The molecule has 3 nitrogen and oxygen atoms in total. The van der Waals surface area contributed by atoms with Gasteiger partial charge in [0.05, 0.1) is 17.8 Å². The number of rotatable bonds is 2. The van der Waals surface area contributed by atoms with Gasteiger partial charge in [0.25, 0.3) is 11.7 Å². The number of anilines is 1. The maximum absolute atomic E-state index is 13.3. The van der Waals surface area contributed by atoms with Gasteiger partial charge in [0.2, 0.25) is 0 Å². The van der Waals surface area contributed by atoms with Crippen LogP contribution in [-0.2, 0) is 11.3 Å². The second kappa shape index (κ2) is 4.28. The van der Waals surface area contributed by atoms with Gasteiger partial charge >= 0.3 is 0 Å². The number of carbonyl (C=O) groups is 2. The van der Waals surface area contributed by atoms with Gasteiger partial charge in [-0.25, -0.2) is 4.39 Å². The predicted molar refractivity (Wildman–Crippen MR) is 71.0 cm³/mol. The molecule has 0 saturated heterocycles. The van der Waals surface area contributed by atoms with E-state index in [1.807, 2.05) is 16.8 Å². The first-order valence-corrected chi connectivity index (χ1v) is 6.69. The van der Waals surface area contributed by atoms with Crippen LogP contribution in [0.25, 0.3) is 0 Å². The zero-order valence-electron chi connectivity index (χ0n) is 10.1. The second-order valence-electron chi connectivity index (χ2n) is 4.47. The molecule has 1 amide bonds. The zero-order valence-corrected chi connectivity index (χ0v) is 11.0. The third-order valence-electron chi connectivity index (χ3n) is 3.14. The average Bonchev–Trinajstić information content (AvgIpc) is 2.93. The Kier molecular flexibility index (Phi) is 2.71. The van der Waals surface area contributed by atoms with Gasteiger partial charge in [0, 0.05) is 0 Å². The highest BCUT2D eigenvalue weighted by Crippen LogP contribution is 2.34. The summed E-state index contributed by atoms with van der Waals surface area (Å²) < 4.78 is 13.3. The lowest BCUT2D eigenvalue weighted by molar-refractivity contribution is -0.114. The molecule has 1 aromatic heterocycles. The molecule has 0 fully saturated rings. The van der Waals surface area contributed by atoms with Crippen LogP contribution in [0, 0.1) is 12.7 Å². The Morgan fingerprint density at radius 1 is 1.32 bits per heavy atom. The molecule has 5 heteroatoms. The number of carbonyl (C=O) groups excluding carboxylic acids is 2. The van der Waals surface area contributed by atoms with Crippen LogP contribution in [0.5, 0.6) is 0 Å². The summed E-state index contributed by atoms with van der Waals surface area (Å²) in [6.07, 6.45) is 0. The van der Waals surface area contributed by atoms with Crippen LogP contribution in [0.15, 0.2) is 29.0 Å². The molecule has 0 radical (unpaired) electrons. The number of halogens is 1. The second-order valence-corrected chi connectivity index (χ2v) is 5.25. The molecule has 19 heavy (non-hydrogen) atoms. The van der Waals surface area contributed by atoms with E-state index in [2.05, 4.69) is 0 Å². The average molecular weight is 275 g/mol. The summed E-state index contributed by atoms with van der Waals surface area (Å²) in [4.78, 5) is 25.3. The molecule has 0 atom stereocenters. The lowest BCUT2D eigenvalue weighted by Gasteiger charge is -2.17. The summed E-state index contributed by atoms with van der Waals surface area (Å²) in [5, 5.41) is 3.84. The van der Waals surface area contributed by atoms with Crippen LogP contribution < -0.4 is 4.90 Å². The summed E-state index contributed by atoms with van der Waals surface area (Å²) in [5.74, 6) is -1.71. The van der Waals surface area contributed by atoms with Gasteiger partial charge in [-0.1, -0.05) is 0 Å². The molecule has 2 aromatic rings. The highest BCUT2D eigenvalue weighted by Gasteiger charge is 2.37. The topological polar surface area (TPSA) is 37.4 Å². The molecular formula is C14H10FNO2S. The maximum atomic E-state index is 13.3. The van der Waals surface area contributed by atoms with Crippen molar-refractivity contribution in [3.05, 3.63) is 51.5 Å². The van der Waals surface area contributed by atoms with Gasteiger partial charge in [0.15, 0.2) is 0 Å². The number of Topliss-reactive ketones (excluding diaryl/α,β-unsaturated/α-hetero) is 1. The Morgan fingerprint density at radius 2 is 2.11 bits per heavy atom. The molecule has 1 aliphatic rings. The Hall–Kier alpha value is -2.01. The monoisotopic (exact) mass is 275 g/mol. The highest BCUT2D eigenvalue weighted by atomic mass is 32.1. The van der Waals surface area contributed by atoms with E-state index in [-0.39, 0.29) is 5.56 Å². The number of aryl methyl sites for hydroxylation is 1. The fourth-order valence-electron chi connectivity index (χ4n) is 2.32. The van der Waals surface area contributed by atoms with E-state index >= 15 is 0 Å². The number of hydrogen-bond donors (Lipinski definition) is 0. The minimum absolute atomic E-state index is 0.165. The molecular weight excluding hydrogens is 265 g/mol. The molecule has 1 aliphatic heterocycles. The van der Waals surface area contributed by atoms with Crippen LogP contribution in [0.4, 0.5) is 10.1 Å². The molecule has 1 aromatic carbocycles. The van der Waals surface area contributed by atoms with Gasteiger partial charge < -0.3 is 4.90 Å². The van der Waals surface area contributed by atoms with E-state index < -0.39 is 17.5 Å². The van der Waals surface area contributed by atoms with Crippen LogP contribution in [0.3, 0.4) is 0 Å². The van der Waals surface area contributed by atoms with Crippen molar-refractivity contribution < 1.29 is 14.0 Å². The van der Waals surface area contributed by atoms with Crippen molar-refractivity contribution in [3.8, 4) is 0 Å². The Bertz CT molecular complexity index is 679. The molecule has 0 bridgehead atoms. The van der Waals surface area contributed by atoms with Crippen molar-refractivity contribution in [1.82, 2.24) is 0 Å². The fraction of sp³-hybridized carbons (Fsp3) is 0.143. The van der Waals surface area contributed by atoms with Crippen molar-refractivity contribution in [2.75, 3.05) is 4.90 Å². The third kappa shape index (κ3) is 1.86. The number of benzene rings is 1. The number of fused-ring (bicyclic) bond motifs is 1. The Labute approximate surface area is 113 Å². The quantitative estimate of drug-likeness (QED) is 0.790. The van der Waals surface area contributed by atoms with Gasteiger partial charge in [-0.3, -0.25) is 9.59 Å². The van der Waals surface area contributed by atoms with Crippen LogP contribution in [-0.4, -0.2) is 11.7 Å². The predicted octanol–water partition coefficient (Wildman–Crippen LogP) is 2.93. The number of ketones is 1. The largest absolute Gasteiger partial charge is 0.300 e. The molecule has 2 heterocycles. The number of thiophene rings is 1. The van der Waals surface area contributed by atoms with E-state index in [1.165, 1.54) is 22.3 Å². The number of amides is 1. The summed E-state index contributed by atoms with van der Waals surface area (Å²) >= 11 is 1.53. The van der Waals surface area contributed by atoms with Crippen molar-refractivity contribution >= 4 is 28.7 Å². The van der Waals surface area contributed by atoms with Gasteiger partial charge in [-0.2, -0.15) is 11.3 Å². The molecule has 3 rings (SSSR count). The minimum atomic E-state index is -0.632. The standard InChI is InChI=1S/C14H10FNO2S/c1-8-4-10(15)5-11-12(8)16(14(18)13(11)17)6-9-2-3-19-7-9/h2-5,7H,6H2,1H3. The van der Waals surface area contributed by atoms with Crippen LogP contribution in [0.2, 0.25) is 0 Å². The van der Waals surface area contributed by atoms with E-state index in [0.29, 0.717) is 17.8 Å². The van der Waals surface area contributed by atoms with Crippen molar-refractivity contribution in [3.63, 3.8) is 0 Å². The van der Waals surface area contributed by atoms with Gasteiger partial charge in [-0.05, 0) is 47.0 Å². The molecule has 0 spiro atoms. The summed E-state index contributed by atoms with van der Waals surface area (Å²) in [5.41, 5.74) is 2.26. The summed E-state index contributed by atoms with van der Waals surface area (Å²) in [7, 11) is 0. The minimum Gasteiger partial charge on any atom is -0.300 e. The van der Waals surface area contributed by atoms with E-state index in [0.717, 1.165) is 11.6 Å². The van der Waals surface area contributed by atoms with Crippen molar-refractivity contribution in [1.29, 1.82) is 0 Å². The first kappa shape index (κ1) is 12.0. The molecule has 0 aliphatic carbocycles. The first-order chi connectivity index (χ1) is 9.08. The SMILES string of the molecule is Cc1cc(F)cc2c1N(Cc1ccsc1)C(=O)C2=O. The van der Waals surface area contributed by atoms with E-state index in [9.17, 15) is 14.0 Å².